The quantitative estimate of drug-likeness (QED) is 0.783. The summed E-state index contributed by atoms with van der Waals surface area (Å²) >= 11 is 0. The summed E-state index contributed by atoms with van der Waals surface area (Å²) in [5.74, 6) is 0.178. The van der Waals surface area contributed by atoms with Crippen LogP contribution in [0.2, 0.25) is 0 Å². The van der Waals surface area contributed by atoms with Crippen LogP contribution in [0.5, 0.6) is 0 Å². The van der Waals surface area contributed by atoms with Crippen LogP contribution in [0.4, 0.5) is 19.0 Å². The van der Waals surface area contributed by atoms with E-state index in [1.54, 1.807) is 11.9 Å². The molecule has 9 heteroatoms. The third-order valence-corrected chi connectivity index (χ3v) is 2.69. The molecule has 0 unspecified atom stereocenters. The molecule has 2 heterocycles. The molecule has 0 atom stereocenters. The second-order valence-electron chi connectivity index (χ2n) is 4.09. The van der Waals surface area contributed by atoms with E-state index in [0.29, 0.717) is 19.8 Å². The molecule has 20 heavy (non-hydrogen) atoms. The number of aromatic nitrogens is 4. The molecule has 0 aromatic carbocycles. The topological polar surface area (TPSA) is 55.5 Å². The Kier molecular flexibility index (Phi) is 4.07. The Morgan fingerprint density at radius 1 is 1.40 bits per heavy atom. The van der Waals surface area contributed by atoms with Crippen molar-refractivity contribution in [2.75, 3.05) is 31.7 Å². The first kappa shape index (κ1) is 14.5. The van der Waals surface area contributed by atoms with Gasteiger partial charge in [0.05, 0.1) is 6.61 Å². The Morgan fingerprint density at radius 2 is 2.15 bits per heavy atom. The van der Waals surface area contributed by atoms with E-state index in [-0.39, 0.29) is 11.6 Å². The van der Waals surface area contributed by atoms with Gasteiger partial charge in [-0.15, -0.1) is 0 Å². The van der Waals surface area contributed by atoms with Gasteiger partial charge >= 0.3 is 6.18 Å². The molecular weight excluding hydrogens is 275 g/mol. The lowest BCUT2D eigenvalue weighted by atomic mass is 10.3. The molecule has 0 aliphatic carbocycles. The van der Waals surface area contributed by atoms with Gasteiger partial charge < -0.3 is 9.64 Å². The second-order valence-corrected chi connectivity index (χ2v) is 4.09. The number of fused-ring (bicyclic) bond motifs is 1. The smallest absolute Gasteiger partial charge is 0.380 e. The fourth-order valence-corrected chi connectivity index (χ4v) is 1.67. The summed E-state index contributed by atoms with van der Waals surface area (Å²) in [6.07, 6.45) is -3.36. The van der Waals surface area contributed by atoms with Crippen molar-refractivity contribution < 1.29 is 17.9 Å². The molecule has 6 nitrogen and oxygen atoms in total. The molecule has 110 valence electrons. The summed E-state index contributed by atoms with van der Waals surface area (Å²) in [6.45, 7) is 3.25. The molecule has 0 N–H and O–H groups in total. The third-order valence-electron chi connectivity index (χ3n) is 2.69. The lowest BCUT2D eigenvalue weighted by molar-refractivity contribution is -0.141. The first-order valence-corrected chi connectivity index (χ1v) is 6.00. The number of ether oxygens (including phenoxy) is 1. The van der Waals surface area contributed by atoms with Crippen LogP contribution in [0.25, 0.3) is 5.78 Å². The van der Waals surface area contributed by atoms with Crippen molar-refractivity contribution in [1.82, 2.24) is 19.6 Å². The minimum atomic E-state index is -4.52. The summed E-state index contributed by atoms with van der Waals surface area (Å²) in [4.78, 5) is 8.79. The minimum Gasteiger partial charge on any atom is -0.380 e. The first-order valence-electron chi connectivity index (χ1n) is 6.00. The van der Waals surface area contributed by atoms with Crippen molar-refractivity contribution in [3.8, 4) is 0 Å². The fourth-order valence-electron chi connectivity index (χ4n) is 1.67. The third kappa shape index (κ3) is 2.98. The first-order chi connectivity index (χ1) is 9.43. The minimum absolute atomic E-state index is 0.0851. The van der Waals surface area contributed by atoms with Crippen molar-refractivity contribution in [3.05, 3.63) is 18.1 Å². The van der Waals surface area contributed by atoms with Crippen LogP contribution in [-0.2, 0) is 10.9 Å². The monoisotopic (exact) mass is 289 g/mol. The lowest BCUT2D eigenvalue weighted by Crippen LogP contribution is -2.26. The average Bonchev–Trinajstić information content (AvgIpc) is 2.84. The van der Waals surface area contributed by atoms with Gasteiger partial charge in [-0.25, -0.2) is 4.98 Å². The van der Waals surface area contributed by atoms with Gasteiger partial charge in [-0.2, -0.15) is 27.8 Å². The summed E-state index contributed by atoms with van der Waals surface area (Å²) in [5.41, 5.74) is -0.990. The molecular formula is C11H14F3N5O. The highest BCUT2D eigenvalue weighted by Crippen LogP contribution is 2.30. The van der Waals surface area contributed by atoms with E-state index in [1.165, 1.54) is 10.8 Å². The summed E-state index contributed by atoms with van der Waals surface area (Å²) in [7, 11) is 1.66. The number of hydrogen-bond acceptors (Lipinski definition) is 5. The van der Waals surface area contributed by atoms with E-state index in [0.717, 1.165) is 6.07 Å². The SMILES string of the molecule is CCOCCN(C)c1cc(C(F)(F)F)nc2ncnn12. The molecule has 0 spiro atoms. The molecule has 2 rings (SSSR count). The molecule has 0 fully saturated rings. The van der Waals surface area contributed by atoms with Crippen LogP contribution in [0.1, 0.15) is 12.6 Å². The summed E-state index contributed by atoms with van der Waals surface area (Å²) in [5, 5.41) is 3.88. The Labute approximate surface area is 113 Å². The highest BCUT2D eigenvalue weighted by molar-refractivity contribution is 5.47. The van der Waals surface area contributed by atoms with Crippen LogP contribution in [0, 0.1) is 0 Å². The maximum absolute atomic E-state index is 12.8. The Balaban J connectivity index is 2.37. The van der Waals surface area contributed by atoms with E-state index < -0.39 is 11.9 Å². The van der Waals surface area contributed by atoms with Crippen LogP contribution < -0.4 is 4.90 Å². The number of alkyl halides is 3. The molecule has 0 bridgehead atoms. The van der Waals surface area contributed by atoms with Crippen molar-refractivity contribution in [2.24, 2.45) is 0 Å². The zero-order valence-corrected chi connectivity index (χ0v) is 11.1. The van der Waals surface area contributed by atoms with Gasteiger partial charge in [-0.3, -0.25) is 0 Å². The van der Waals surface area contributed by atoms with Crippen LogP contribution in [-0.4, -0.2) is 46.4 Å². The largest absolute Gasteiger partial charge is 0.433 e. The average molecular weight is 289 g/mol. The number of hydrogen-bond donors (Lipinski definition) is 0. The zero-order chi connectivity index (χ0) is 14.8. The number of anilines is 1. The maximum atomic E-state index is 12.8. The van der Waals surface area contributed by atoms with Gasteiger partial charge in [0.2, 0.25) is 0 Å². The van der Waals surface area contributed by atoms with E-state index in [1.807, 2.05) is 6.92 Å². The Bertz CT molecular complexity index is 583. The number of rotatable bonds is 5. The lowest BCUT2D eigenvalue weighted by Gasteiger charge is -2.20. The van der Waals surface area contributed by atoms with Gasteiger partial charge in [0.15, 0.2) is 5.69 Å². The second kappa shape index (κ2) is 5.61. The standard InChI is InChI=1S/C11H14F3N5O/c1-3-20-5-4-18(2)9-6-8(11(12,13)14)17-10-15-7-16-19(9)10/h6-7H,3-5H2,1-2H3. The predicted octanol–water partition coefficient (Wildman–Crippen LogP) is 1.62. The van der Waals surface area contributed by atoms with Gasteiger partial charge in [-0.1, -0.05) is 0 Å². The molecule has 0 saturated carbocycles. The van der Waals surface area contributed by atoms with Crippen molar-refractivity contribution in [3.63, 3.8) is 0 Å². The molecule has 2 aromatic rings. The van der Waals surface area contributed by atoms with Crippen molar-refractivity contribution in [2.45, 2.75) is 13.1 Å². The van der Waals surface area contributed by atoms with Gasteiger partial charge in [0.25, 0.3) is 5.78 Å². The predicted molar refractivity (Wildman–Crippen MR) is 65.5 cm³/mol. The van der Waals surface area contributed by atoms with Crippen molar-refractivity contribution in [1.29, 1.82) is 0 Å². The molecule has 0 radical (unpaired) electrons. The molecule has 0 aliphatic rings. The highest BCUT2D eigenvalue weighted by atomic mass is 19.4. The number of halogens is 3. The van der Waals surface area contributed by atoms with Crippen LogP contribution in [0.15, 0.2) is 12.4 Å². The fraction of sp³-hybridized carbons (Fsp3) is 0.545. The number of likely N-dealkylation sites (N-methyl/N-ethyl adjacent to an activating group) is 1. The Morgan fingerprint density at radius 3 is 2.80 bits per heavy atom. The van der Waals surface area contributed by atoms with Gasteiger partial charge in [0.1, 0.15) is 12.1 Å². The van der Waals surface area contributed by atoms with E-state index >= 15 is 0 Å². The van der Waals surface area contributed by atoms with E-state index in [2.05, 4.69) is 15.1 Å². The maximum Gasteiger partial charge on any atom is 0.433 e. The summed E-state index contributed by atoms with van der Waals surface area (Å²) in [6, 6.07) is 0.952. The highest BCUT2D eigenvalue weighted by Gasteiger charge is 2.34. The molecule has 2 aromatic heterocycles. The molecule has 0 amide bonds. The number of nitrogens with zero attached hydrogens (tertiary/aromatic N) is 5. The van der Waals surface area contributed by atoms with E-state index in [4.69, 9.17) is 4.74 Å². The zero-order valence-electron chi connectivity index (χ0n) is 11.1. The Hall–Kier alpha value is -1.90. The van der Waals surface area contributed by atoms with Crippen molar-refractivity contribution >= 4 is 11.6 Å². The summed E-state index contributed by atoms with van der Waals surface area (Å²) < 4.78 is 44.9. The van der Waals surface area contributed by atoms with Crippen LogP contribution in [0.3, 0.4) is 0 Å². The molecule has 0 saturated heterocycles. The normalized spacial score (nSPS) is 12.1. The van der Waals surface area contributed by atoms with E-state index in [9.17, 15) is 13.2 Å². The van der Waals surface area contributed by atoms with Gasteiger partial charge in [0, 0.05) is 26.3 Å². The molecule has 0 aliphatic heterocycles. The van der Waals surface area contributed by atoms with Gasteiger partial charge in [-0.05, 0) is 6.92 Å². The van der Waals surface area contributed by atoms with Crippen LogP contribution >= 0.6 is 0 Å².